The molecular formula is C26H31N7O6. The minimum absolute atomic E-state index is 0.0887. The van der Waals surface area contributed by atoms with Gasteiger partial charge in [-0.15, -0.1) is 10.2 Å². The summed E-state index contributed by atoms with van der Waals surface area (Å²) in [5.74, 6) is 0.665. The van der Waals surface area contributed by atoms with Gasteiger partial charge in [0.1, 0.15) is 36.2 Å². The third-order valence-electron chi connectivity index (χ3n) is 5.89. The van der Waals surface area contributed by atoms with E-state index in [4.69, 9.17) is 19.3 Å². The number of fused-ring (bicyclic) bond motifs is 1. The molecule has 4 aromatic rings. The lowest BCUT2D eigenvalue weighted by Crippen LogP contribution is -2.16. The third kappa shape index (κ3) is 6.13. The van der Waals surface area contributed by atoms with Crippen LogP contribution in [0.2, 0.25) is 0 Å². The van der Waals surface area contributed by atoms with Gasteiger partial charge in [-0.2, -0.15) is 0 Å². The van der Waals surface area contributed by atoms with Crippen molar-refractivity contribution in [3.8, 4) is 17.1 Å². The standard InChI is InChI=1S/C26H31N7O6/c1-6-8-23-27-15(3)24-26(36)28-25(30-33(23)24)19-11-18(9-10-22(19)37-7-2)12-32-21(14-39-17(5)35)20(29-31-32)13-38-16(4)34/h9-11H,6-8,12-14H2,1-5H3,(H,28,30,36). The van der Waals surface area contributed by atoms with E-state index in [1.54, 1.807) is 22.2 Å². The maximum atomic E-state index is 13.0. The van der Waals surface area contributed by atoms with Gasteiger partial charge in [0.15, 0.2) is 11.3 Å². The highest BCUT2D eigenvalue weighted by atomic mass is 16.5. The van der Waals surface area contributed by atoms with E-state index in [1.165, 1.54) is 13.8 Å². The van der Waals surface area contributed by atoms with Crippen molar-refractivity contribution in [2.45, 2.75) is 67.2 Å². The van der Waals surface area contributed by atoms with Crippen LogP contribution in [0.5, 0.6) is 5.75 Å². The van der Waals surface area contributed by atoms with Crippen LogP contribution in [-0.2, 0) is 45.2 Å². The fraction of sp³-hybridized carbons (Fsp3) is 0.423. The molecule has 0 fully saturated rings. The van der Waals surface area contributed by atoms with Gasteiger partial charge in [-0.05, 0) is 38.0 Å². The van der Waals surface area contributed by atoms with Crippen LogP contribution in [0.1, 0.15) is 62.6 Å². The summed E-state index contributed by atoms with van der Waals surface area (Å²) in [7, 11) is 0. The summed E-state index contributed by atoms with van der Waals surface area (Å²) in [5, 5.41) is 13.0. The van der Waals surface area contributed by atoms with Crippen molar-refractivity contribution in [2.24, 2.45) is 0 Å². The highest BCUT2D eigenvalue weighted by molar-refractivity contribution is 5.67. The van der Waals surface area contributed by atoms with Crippen LogP contribution in [0.15, 0.2) is 23.0 Å². The van der Waals surface area contributed by atoms with E-state index in [9.17, 15) is 14.4 Å². The van der Waals surface area contributed by atoms with E-state index in [0.717, 1.165) is 12.0 Å². The van der Waals surface area contributed by atoms with Crippen molar-refractivity contribution in [1.29, 1.82) is 0 Å². The van der Waals surface area contributed by atoms with Crippen LogP contribution in [0, 0.1) is 6.92 Å². The molecule has 206 valence electrons. The molecule has 0 atom stereocenters. The molecule has 1 aromatic carbocycles. The quantitative estimate of drug-likeness (QED) is 0.282. The van der Waals surface area contributed by atoms with Crippen LogP contribution in [0.4, 0.5) is 0 Å². The van der Waals surface area contributed by atoms with Crippen molar-refractivity contribution >= 4 is 17.5 Å². The molecule has 39 heavy (non-hydrogen) atoms. The predicted molar refractivity (Wildman–Crippen MR) is 139 cm³/mol. The van der Waals surface area contributed by atoms with Gasteiger partial charge in [0.2, 0.25) is 0 Å². The Balaban J connectivity index is 1.76. The molecule has 3 aromatic heterocycles. The highest BCUT2D eigenvalue weighted by Crippen LogP contribution is 2.29. The molecule has 1 N–H and O–H groups in total. The summed E-state index contributed by atoms with van der Waals surface area (Å²) < 4.78 is 19.3. The topological polar surface area (TPSA) is 156 Å². The summed E-state index contributed by atoms with van der Waals surface area (Å²) in [6.45, 7) is 8.78. The number of aryl methyl sites for hydroxylation is 2. The SMILES string of the molecule is CCCc1nc(C)c2c(=O)[nH]c(-c3cc(Cn4nnc(COC(C)=O)c4COC(C)=O)ccc3OCC)nn12. The summed E-state index contributed by atoms with van der Waals surface area (Å²) in [4.78, 5) is 43.2. The van der Waals surface area contributed by atoms with Gasteiger partial charge in [0, 0.05) is 20.3 Å². The first-order valence-electron chi connectivity index (χ1n) is 12.6. The predicted octanol–water partition coefficient (Wildman–Crippen LogP) is 2.51. The molecule has 0 bridgehead atoms. The van der Waals surface area contributed by atoms with Crippen LogP contribution < -0.4 is 10.3 Å². The van der Waals surface area contributed by atoms with E-state index in [2.05, 4.69) is 20.3 Å². The molecule has 0 aliphatic rings. The number of hydrogen-bond acceptors (Lipinski definition) is 10. The van der Waals surface area contributed by atoms with Crippen LogP contribution in [0.3, 0.4) is 0 Å². The number of esters is 2. The Morgan fingerprint density at radius 1 is 1.08 bits per heavy atom. The lowest BCUT2D eigenvalue weighted by atomic mass is 10.1. The lowest BCUT2D eigenvalue weighted by molar-refractivity contribution is -0.144. The summed E-state index contributed by atoms with van der Waals surface area (Å²) in [5.41, 5.74) is 2.99. The first kappa shape index (κ1) is 27.5. The Morgan fingerprint density at radius 3 is 2.51 bits per heavy atom. The van der Waals surface area contributed by atoms with Crippen molar-refractivity contribution in [3.63, 3.8) is 0 Å². The first-order valence-corrected chi connectivity index (χ1v) is 12.6. The van der Waals surface area contributed by atoms with Crippen LogP contribution >= 0.6 is 0 Å². The molecule has 0 aliphatic heterocycles. The molecule has 3 heterocycles. The molecule has 0 aliphatic carbocycles. The number of carbonyl (C=O) groups is 2. The molecule has 0 spiro atoms. The molecule has 4 rings (SSSR count). The van der Waals surface area contributed by atoms with Crippen LogP contribution in [0.25, 0.3) is 16.9 Å². The second kappa shape index (κ2) is 11.9. The van der Waals surface area contributed by atoms with E-state index < -0.39 is 11.9 Å². The van der Waals surface area contributed by atoms with E-state index >= 15 is 0 Å². The highest BCUT2D eigenvalue weighted by Gasteiger charge is 2.19. The molecule has 0 saturated carbocycles. The number of H-pyrrole nitrogens is 1. The average molecular weight is 538 g/mol. The molecule has 0 unspecified atom stereocenters. The Hall–Kier alpha value is -4.55. The molecule has 0 saturated heterocycles. The zero-order valence-corrected chi connectivity index (χ0v) is 22.6. The van der Waals surface area contributed by atoms with Gasteiger partial charge < -0.3 is 19.2 Å². The van der Waals surface area contributed by atoms with Gasteiger partial charge in [0.05, 0.1) is 24.4 Å². The second-order valence-corrected chi connectivity index (χ2v) is 8.89. The number of rotatable bonds is 11. The molecular weight excluding hydrogens is 506 g/mol. The Kier molecular flexibility index (Phi) is 8.37. The number of benzene rings is 1. The smallest absolute Gasteiger partial charge is 0.303 e. The Labute approximate surface area is 224 Å². The van der Waals surface area contributed by atoms with Gasteiger partial charge in [-0.1, -0.05) is 18.2 Å². The molecule has 0 amide bonds. The van der Waals surface area contributed by atoms with E-state index in [0.29, 0.717) is 58.6 Å². The maximum absolute atomic E-state index is 13.0. The van der Waals surface area contributed by atoms with E-state index in [1.807, 2.05) is 26.0 Å². The third-order valence-corrected chi connectivity index (χ3v) is 5.89. The zero-order valence-electron chi connectivity index (χ0n) is 22.6. The molecule has 0 radical (unpaired) electrons. The fourth-order valence-electron chi connectivity index (χ4n) is 4.16. The van der Waals surface area contributed by atoms with Gasteiger partial charge in [-0.25, -0.2) is 14.2 Å². The number of hydrogen-bond donors (Lipinski definition) is 1. The van der Waals surface area contributed by atoms with Crippen molar-refractivity contribution in [2.75, 3.05) is 6.61 Å². The summed E-state index contributed by atoms with van der Waals surface area (Å²) in [6, 6.07) is 5.51. The minimum atomic E-state index is -0.466. The van der Waals surface area contributed by atoms with Crippen molar-refractivity contribution in [3.05, 3.63) is 57.0 Å². The fourth-order valence-corrected chi connectivity index (χ4v) is 4.16. The Bertz CT molecular complexity index is 1570. The second-order valence-electron chi connectivity index (χ2n) is 8.89. The average Bonchev–Trinajstić information content (AvgIpc) is 3.42. The summed E-state index contributed by atoms with van der Waals surface area (Å²) in [6.07, 6.45) is 1.53. The lowest BCUT2D eigenvalue weighted by Gasteiger charge is -2.13. The number of nitrogens with zero attached hydrogens (tertiary/aromatic N) is 6. The number of aromatic nitrogens is 7. The Morgan fingerprint density at radius 2 is 1.82 bits per heavy atom. The van der Waals surface area contributed by atoms with E-state index in [-0.39, 0.29) is 25.3 Å². The first-order chi connectivity index (χ1) is 18.7. The molecule has 13 heteroatoms. The van der Waals surface area contributed by atoms with Crippen molar-refractivity contribution in [1.82, 2.24) is 34.6 Å². The monoisotopic (exact) mass is 537 g/mol. The zero-order chi connectivity index (χ0) is 28.1. The van der Waals surface area contributed by atoms with Gasteiger partial charge in [0.25, 0.3) is 5.56 Å². The largest absolute Gasteiger partial charge is 0.493 e. The maximum Gasteiger partial charge on any atom is 0.303 e. The van der Waals surface area contributed by atoms with Crippen molar-refractivity contribution < 1.29 is 23.8 Å². The minimum Gasteiger partial charge on any atom is -0.493 e. The summed E-state index contributed by atoms with van der Waals surface area (Å²) >= 11 is 0. The van der Waals surface area contributed by atoms with Gasteiger partial charge in [-0.3, -0.25) is 14.4 Å². The number of nitrogens with one attached hydrogen (secondary N) is 1. The normalized spacial score (nSPS) is 11.1. The van der Waals surface area contributed by atoms with Gasteiger partial charge >= 0.3 is 11.9 Å². The number of carbonyl (C=O) groups excluding carboxylic acids is 2. The number of imidazole rings is 1. The number of ether oxygens (including phenoxy) is 3. The van der Waals surface area contributed by atoms with Crippen LogP contribution in [-0.4, -0.2) is 53.1 Å². The molecule has 13 nitrogen and oxygen atoms in total. The number of aromatic amines is 1.